The molecular weight excluding hydrogens is 298 g/mol. The number of halogens is 1. The first-order valence-corrected chi connectivity index (χ1v) is 5.91. The van der Waals surface area contributed by atoms with E-state index in [2.05, 4.69) is 35.9 Å². The van der Waals surface area contributed by atoms with Crippen molar-refractivity contribution in [1.82, 2.24) is 19.9 Å². The second-order valence-electron chi connectivity index (χ2n) is 3.54. The van der Waals surface area contributed by atoms with Gasteiger partial charge in [-0.25, -0.2) is 9.97 Å². The van der Waals surface area contributed by atoms with Crippen LogP contribution in [-0.4, -0.2) is 19.9 Å². The van der Waals surface area contributed by atoms with Crippen molar-refractivity contribution < 1.29 is 4.74 Å². The van der Waals surface area contributed by atoms with Gasteiger partial charge in [-0.05, 0) is 28.1 Å². The number of nitrogens with two attached hydrogens (primary N) is 1. The molecule has 3 aromatic rings. The fourth-order valence-corrected chi connectivity index (χ4v) is 1.88. The molecule has 2 aromatic heterocycles. The van der Waals surface area contributed by atoms with Gasteiger partial charge < -0.3 is 15.5 Å². The molecule has 0 aliphatic carbocycles. The Balaban J connectivity index is 2.06. The Labute approximate surface area is 110 Å². The van der Waals surface area contributed by atoms with Crippen LogP contribution in [0.3, 0.4) is 0 Å². The number of nitrogens with one attached hydrogen (secondary N) is 1. The molecule has 0 radical (unpaired) electrons. The third-order valence-corrected chi connectivity index (χ3v) is 3.24. The lowest BCUT2D eigenvalue weighted by Crippen LogP contribution is -1.94. The van der Waals surface area contributed by atoms with Crippen LogP contribution >= 0.6 is 15.9 Å². The number of aromatic amines is 1. The van der Waals surface area contributed by atoms with Gasteiger partial charge in [0.2, 0.25) is 5.88 Å². The summed E-state index contributed by atoms with van der Waals surface area (Å²) in [6, 6.07) is 5.38. The van der Waals surface area contributed by atoms with Gasteiger partial charge in [-0.2, -0.15) is 4.98 Å². The fraction of sp³-hybridized carbons (Fsp3) is 0. The lowest BCUT2D eigenvalue weighted by molar-refractivity contribution is 0.464. The maximum absolute atomic E-state index is 5.79. The number of imidazole rings is 1. The highest BCUT2D eigenvalue weighted by Gasteiger charge is 2.11. The van der Waals surface area contributed by atoms with Crippen molar-refractivity contribution in [2.24, 2.45) is 0 Å². The predicted molar refractivity (Wildman–Crippen MR) is 70.3 cm³/mol. The average molecular weight is 306 g/mol. The van der Waals surface area contributed by atoms with Gasteiger partial charge in [0.05, 0.1) is 10.8 Å². The van der Waals surface area contributed by atoms with Gasteiger partial charge in [-0.15, -0.1) is 0 Å². The molecule has 0 saturated carbocycles. The van der Waals surface area contributed by atoms with E-state index < -0.39 is 0 Å². The molecule has 2 heterocycles. The number of fused-ring (bicyclic) bond motifs is 1. The van der Waals surface area contributed by atoms with Crippen LogP contribution in [0.1, 0.15) is 0 Å². The molecule has 6 nitrogen and oxygen atoms in total. The zero-order valence-corrected chi connectivity index (χ0v) is 10.7. The van der Waals surface area contributed by atoms with Gasteiger partial charge in [0.25, 0.3) is 0 Å². The zero-order valence-electron chi connectivity index (χ0n) is 9.09. The lowest BCUT2D eigenvalue weighted by atomic mass is 10.3. The number of ether oxygens (including phenoxy) is 1. The molecule has 1 aromatic carbocycles. The summed E-state index contributed by atoms with van der Waals surface area (Å²) in [5.41, 5.74) is 7.59. The molecule has 18 heavy (non-hydrogen) atoms. The number of nitrogen functional groups attached to an aromatic ring is 1. The van der Waals surface area contributed by atoms with Crippen molar-refractivity contribution in [3.8, 4) is 11.6 Å². The average Bonchev–Trinajstić information content (AvgIpc) is 2.84. The highest BCUT2D eigenvalue weighted by Crippen LogP contribution is 2.34. The van der Waals surface area contributed by atoms with Crippen LogP contribution in [0.15, 0.2) is 35.3 Å². The van der Waals surface area contributed by atoms with E-state index in [0.717, 1.165) is 0 Å². The number of nitrogens with zero attached hydrogens (tertiary/aromatic N) is 3. The number of hydrogen-bond donors (Lipinski definition) is 2. The van der Waals surface area contributed by atoms with E-state index in [9.17, 15) is 0 Å². The van der Waals surface area contributed by atoms with E-state index in [-0.39, 0.29) is 0 Å². The molecule has 90 valence electrons. The van der Waals surface area contributed by atoms with Gasteiger partial charge in [0.15, 0.2) is 5.65 Å². The highest BCUT2D eigenvalue weighted by atomic mass is 79.9. The quantitative estimate of drug-likeness (QED) is 0.710. The third kappa shape index (κ3) is 1.78. The summed E-state index contributed by atoms with van der Waals surface area (Å²) in [5, 5.41) is 0. The second kappa shape index (κ2) is 4.26. The number of anilines is 1. The Morgan fingerprint density at radius 3 is 3.00 bits per heavy atom. The van der Waals surface area contributed by atoms with E-state index in [1.54, 1.807) is 24.5 Å². The van der Waals surface area contributed by atoms with Crippen molar-refractivity contribution in [3.05, 3.63) is 35.3 Å². The first kappa shape index (κ1) is 11.0. The molecule has 0 atom stereocenters. The summed E-state index contributed by atoms with van der Waals surface area (Å²) in [4.78, 5) is 15.1. The maximum Gasteiger partial charge on any atom is 0.248 e. The molecule has 0 saturated heterocycles. The number of aromatic nitrogens is 4. The molecule has 0 spiro atoms. The molecule has 0 aliphatic rings. The summed E-state index contributed by atoms with van der Waals surface area (Å²) in [6.07, 6.45) is 2.94. The first-order chi connectivity index (χ1) is 8.75. The van der Waals surface area contributed by atoms with Crippen molar-refractivity contribution in [3.63, 3.8) is 0 Å². The number of hydrogen-bond acceptors (Lipinski definition) is 5. The smallest absolute Gasteiger partial charge is 0.248 e. The van der Waals surface area contributed by atoms with E-state index in [4.69, 9.17) is 10.5 Å². The molecule has 0 bridgehead atoms. The summed E-state index contributed by atoms with van der Waals surface area (Å²) >= 11 is 3.37. The van der Waals surface area contributed by atoms with Gasteiger partial charge in [0.1, 0.15) is 17.6 Å². The predicted octanol–water partition coefficient (Wildman–Crippen LogP) is 2.49. The van der Waals surface area contributed by atoms with Gasteiger partial charge in [0, 0.05) is 5.69 Å². The van der Waals surface area contributed by atoms with Gasteiger partial charge in [-0.3, -0.25) is 0 Å². The van der Waals surface area contributed by atoms with E-state index >= 15 is 0 Å². The first-order valence-electron chi connectivity index (χ1n) is 5.11. The van der Waals surface area contributed by atoms with E-state index in [0.29, 0.717) is 33.0 Å². The Hall–Kier alpha value is -2.15. The molecule has 0 fully saturated rings. The van der Waals surface area contributed by atoms with Crippen LogP contribution in [0, 0.1) is 0 Å². The van der Waals surface area contributed by atoms with Crippen LogP contribution in [0.25, 0.3) is 11.2 Å². The van der Waals surface area contributed by atoms with Crippen LogP contribution in [0.5, 0.6) is 11.6 Å². The maximum atomic E-state index is 5.79. The van der Waals surface area contributed by atoms with Crippen molar-refractivity contribution in [2.75, 3.05) is 5.73 Å². The molecule has 0 aliphatic heterocycles. The van der Waals surface area contributed by atoms with Crippen LogP contribution in [0.2, 0.25) is 0 Å². The topological polar surface area (TPSA) is 89.7 Å². The Kier molecular flexibility index (Phi) is 2.60. The van der Waals surface area contributed by atoms with Crippen molar-refractivity contribution >= 4 is 32.8 Å². The minimum Gasteiger partial charge on any atom is -0.436 e. The summed E-state index contributed by atoms with van der Waals surface area (Å²) in [6.45, 7) is 0. The highest BCUT2D eigenvalue weighted by molar-refractivity contribution is 9.10. The molecule has 0 amide bonds. The number of rotatable bonds is 2. The van der Waals surface area contributed by atoms with Gasteiger partial charge in [-0.1, -0.05) is 6.07 Å². The SMILES string of the molecule is Nc1cccc(Oc2ncnc3nc[nH]c23)c1Br. The Morgan fingerprint density at radius 1 is 1.22 bits per heavy atom. The summed E-state index contributed by atoms with van der Waals surface area (Å²) in [5.74, 6) is 0.994. The molecular formula is C11H8BrN5O. The lowest BCUT2D eigenvalue weighted by Gasteiger charge is -2.08. The van der Waals surface area contributed by atoms with E-state index in [1.807, 2.05) is 0 Å². The standard InChI is InChI=1S/C11H8BrN5O/c12-8-6(13)2-1-3-7(8)18-11-9-10(15-4-14-9)16-5-17-11/h1-5H,13H2,(H,14,15,16,17). The zero-order chi connectivity index (χ0) is 12.5. The van der Waals surface area contributed by atoms with Gasteiger partial charge >= 0.3 is 0 Å². The largest absolute Gasteiger partial charge is 0.436 e. The monoisotopic (exact) mass is 305 g/mol. The fourth-order valence-electron chi connectivity index (χ4n) is 1.53. The van der Waals surface area contributed by atoms with Crippen LogP contribution in [0.4, 0.5) is 5.69 Å². The number of benzene rings is 1. The third-order valence-electron chi connectivity index (χ3n) is 2.39. The summed E-state index contributed by atoms with van der Waals surface area (Å²) < 4.78 is 6.40. The number of H-pyrrole nitrogens is 1. The minimum absolute atomic E-state index is 0.406. The normalized spacial score (nSPS) is 10.7. The van der Waals surface area contributed by atoms with Crippen molar-refractivity contribution in [1.29, 1.82) is 0 Å². The summed E-state index contributed by atoms with van der Waals surface area (Å²) in [7, 11) is 0. The van der Waals surface area contributed by atoms with Crippen LogP contribution in [-0.2, 0) is 0 Å². The molecule has 3 N–H and O–H groups in total. The van der Waals surface area contributed by atoms with Crippen molar-refractivity contribution in [2.45, 2.75) is 0 Å². The Bertz CT molecular complexity index is 711. The molecule has 3 rings (SSSR count). The van der Waals surface area contributed by atoms with E-state index in [1.165, 1.54) is 6.33 Å². The van der Waals surface area contributed by atoms with Crippen LogP contribution < -0.4 is 10.5 Å². The second-order valence-corrected chi connectivity index (χ2v) is 4.33. The Morgan fingerprint density at radius 2 is 2.11 bits per heavy atom. The molecule has 7 heteroatoms. The minimum atomic E-state index is 0.406. The molecule has 0 unspecified atom stereocenters.